The Balaban J connectivity index is 1.82. The van der Waals surface area contributed by atoms with E-state index in [0.29, 0.717) is 6.04 Å². The number of aromatic nitrogens is 3. The minimum atomic E-state index is 0.547. The van der Waals surface area contributed by atoms with Crippen molar-refractivity contribution in [3.05, 3.63) is 18.0 Å². The van der Waals surface area contributed by atoms with Crippen molar-refractivity contribution in [2.75, 3.05) is 18.4 Å². The highest BCUT2D eigenvalue weighted by atomic mass is 15.3. The second-order valence-corrected chi connectivity index (χ2v) is 5.33. The van der Waals surface area contributed by atoms with Crippen LogP contribution in [0.2, 0.25) is 0 Å². The summed E-state index contributed by atoms with van der Waals surface area (Å²) in [4.78, 5) is 4.51. The maximum atomic E-state index is 4.51. The summed E-state index contributed by atoms with van der Waals surface area (Å²) in [7, 11) is 1.94. The molecular weight excluding hydrogens is 238 g/mol. The molecule has 1 aliphatic rings. The maximum Gasteiger partial charge on any atom is 0.157 e. The largest absolute Gasteiger partial charge is 0.381 e. The first-order valence-corrected chi connectivity index (χ1v) is 7.00. The molecule has 5 heteroatoms. The number of anilines is 1. The highest BCUT2D eigenvalue weighted by Gasteiger charge is 2.13. The van der Waals surface area contributed by atoms with Gasteiger partial charge in [0.05, 0.1) is 17.6 Å². The van der Waals surface area contributed by atoms with Gasteiger partial charge in [0, 0.05) is 18.5 Å². The van der Waals surface area contributed by atoms with Crippen LogP contribution in [0.15, 0.2) is 12.3 Å². The molecule has 5 nitrogen and oxygen atoms in total. The fraction of sp³-hybridized carbons (Fsp3) is 0.571. The van der Waals surface area contributed by atoms with E-state index in [1.54, 1.807) is 0 Å². The van der Waals surface area contributed by atoms with Crippen LogP contribution in [0.3, 0.4) is 0 Å². The molecule has 102 valence electrons. The number of aryl methyl sites for hydroxylation is 2. The van der Waals surface area contributed by atoms with Gasteiger partial charge in [-0.05, 0) is 45.3 Å². The van der Waals surface area contributed by atoms with E-state index in [1.807, 2.05) is 24.9 Å². The first kappa shape index (κ1) is 12.4. The summed E-state index contributed by atoms with van der Waals surface area (Å²) in [5.41, 5.74) is 3.09. The second-order valence-electron chi connectivity index (χ2n) is 5.33. The van der Waals surface area contributed by atoms with Gasteiger partial charge >= 0.3 is 0 Å². The number of nitrogens with zero attached hydrogens (tertiary/aromatic N) is 3. The van der Waals surface area contributed by atoms with Crippen LogP contribution in [0.25, 0.3) is 11.0 Å². The lowest BCUT2D eigenvalue weighted by Gasteiger charge is -2.17. The van der Waals surface area contributed by atoms with Crippen molar-refractivity contribution >= 4 is 16.7 Å². The SMILES string of the molecule is Cc1nn(C)c2ncc(NC3CCCNCC3)cc12. The zero-order valence-corrected chi connectivity index (χ0v) is 11.6. The van der Waals surface area contributed by atoms with E-state index in [2.05, 4.69) is 26.8 Å². The molecule has 0 saturated carbocycles. The molecule has 1 fully saturated rings. The number of pyridine rings is 1. The Morgan fingerprint density at radius 3 is 3.16 bits per heavy atom. The molecule has 1 atom stereocenters. The lowest BCUT2D eigenvalue weighted by molar-refractivity contribution is 0.637. The zero-order valence-electron chi connectivity index (χ0n) is 11.6. The average molecular weight is 259 g/mol. The molecule has 1 aliphatic heterocycles. The van der Waals surface area contributed by atoms with Crippen LogP contribution in [-0.2, 0) is 7.05 Å². The predicted octanol–water partition coefficient (Wildman–Crippen LogP) is 1.83. The number of fused-ring (bicyclic) bond motifs is 1. The molecule has 0 bridgehead atoms. The van der Waals surface area contributed by atoms with Crippen LogP contribution in [0, 0.1) is 6.92 Å². The monoisotopic (exact) mass is 259 g/mol. The van der Waals surface area contributed by atoms with Gasteiger partial charge in [-0.2, -0.15) is 5.10 Å². The van der Waals surface area contributed by atoms with E-state index in [-0.39, 0.29) is 0 Å². The van der Waals surface area contributed by atoms with Gasteiger partial charge in [0.1, 0.15) is 0 Å². The van der Waals surface area contributed by atoms with E-state index >= 15 is 0 Å². The Kier molecular flexibility index (Phi) is 3.38. The van der Waals surface area contributed by atoms with Gasteiger partial charge in [-0.15, -0.1) is 0 Å². The molecule has 0 spiro atoms. The maximum absolute atomic E-state index is 4.51. The molecule has 1 unspecified atom stereocenters. The van der Waals surface area contributed by atoms with E-state index in [9.17, 15) is 0 Å². The number of hydrogen-bond donors (Lipinski definition) is 2. The highest BCUT2D eigenvalue weighted by Crippen LogP contribution is 2.21. The third kappa shape index (κ3) is 2.56. The lowest BCUT2D eigenvalue weighted by Crippen LogP contribution is -2.21. The van der Waals surface area contributed by atoms with Gasteiger partial charge in [0.25, 0.3) is 0 Å². The molecule has 19 heavy (non-hydrogen) atoms. The van der Waals surface area contributed by atoms with E-state index in [1.165, 1.54) is 19.3 Å². The Hall–Kier alpha value is -1.62. The molecule has 3 rings (SSSR count). The predicted molar refractivity (Wildman–Crippen MR) is 77.4 cm³/mol. The number of nitrogens with one attached hydrogen (secondary N) is 2. The van der Waals surface area contributed by atoms with Crippen molar-refractivity contribution < 1.29 is 0 Å². The van der Waals surface area contributed by atoms with Gasteiger partial charge < -0.3 is 10.6 Å². The Morgan fingerprint density at radius 1 is 1.37 bits per heavy atom. The summed E-state index contributed by atoms with van der Waals surface area (Å²) in [5.74, 6) is 0. The van der Waals surface area contributed by atoms with Crippen molar-refractivity contribution in [3.8, 4) is 0 Å². The molecule has 0 amide bonds. The zero-order chi connectivity index (χ0) is 13.2. The molecule has 0 aliphatic carbocycles. The second kappa shape index (κ2) is 5.17. The Morgan fingerprint density at radius 2 is 2.26 bits per heavy atom. The van der Waals surface area contributed by atoms with Crippen LogP contribution < -0.4 is 10.6 Å². The standard InChI is InChI=1S/C14H21N5/c1-10-13-8-12(9-16-14(13)19(2)18-10)17-11-4-3-6-15-7-5-11/h8-9,11,15,17H,3-7H2,1-2H3. The first-order chi connectivity index (χ1) is 9.24. The van der Waals surface area contributed by atoms with Crippen molar-refractivity contribution in [2.45, 2.75) is 32.2 Å². The third-order valence-corrected chi connectivity index (χ3v) is 3.81. The van der Waals surface area contributed by atoms with E-state index in [0.717, 1.165) is 35.5 Å². The molecule has 2 N–H and O–H groups in total. The highest BCUT2D eigenvalue weighted by molar-refractivity contribution is 5.81. The van der Waals surface area contributed by atoms with Crippen molar-refractivity contribution in [3.63, 3.8) is 0 Å². The summed E-state index contributed by atoms with van der Waals surface area (Å²) in [6.45, 7) is 4.26. The van der Waals surface area contributed by atoms with Crippen LogP contribution in [0.4, 0.5) is 5.69 Å². The summed E-state index contributed by atoms with van der Waals surface area (Å²) in [6.07, 6.45) is 5.54. The molecule has 2 aromatic heterocycles. The van der Waals surface area contributed by atoms with Crippen molar-refractivity contribution in [1.29, 1.82) is 0 Å². The van der Waals surface area contributed by atoms with Crippen molar-refractivity contribution in [1.82, 2.24) is 20.1 Å². The summed E-state index contributed by atoms with van der Waals surface area (Å²) < 4.78 is 1.84. The average Bonchev–Trinajstić information content (AvgIpc) is 2.60. The fourth-order valence-electron chi connectivity index (χ4n) is 2.79. The van der Waals surface area contributed by atoms with E-state index < -0.39 is 0 Å². The molecule has 0 aromatic carbocycles. The molecule has 1 saturated heterocycles. The fourth-order valence-corrected chi connectivity index (χ4v) is 2.79. The Labute approximate surface area is 113 Å². The van der Waals surface area contributed by atoms with Crippen molar-refractivity contribution in [2.24, 2.45) is 7.05 Å². The van der Waals surface area contributed by atoms with Crippen LogP contribution >= 0.6 is 0 Å². The van der Waals surface area contributed by atoms with E-state index in [4.69, 9.17) is 0 Å². The van der Waals surface area contributed by atoms with Crippen LogP contribution in [0.5, 0.6) is 0 Å². The normalized spacial score (nSPS) is 20.4. The van der Waals surface area contributed by atoms with Crippen LogP contribution in [-0.4, -0.2) is 33.9 Å². The molecule has 2 aromatic rings. The molecular formula is C14H21N5. The first-order valence-electron chi connectivity index (χ1n) is 7.00. The van der Waals surface area contributed by atoms with Gasteiger partial charge in [0.15, 0.2) is 5.65 Å². The topological polar surface area (TPSA) is 54.8 Å². The minimum Gasteiger partial charge on any atom is -0.381 e. The quantitative estimate of drug-likeness (QED) is 0.864. The summed E-state index contributed by atoms with van der Waals surface area (Å²) >= 11 is 0. The Bertz CT molecular complexity index is 566. The third-order valence-electron chi connectivity index (χ3n) is 3.81. The van der Waals surface area contributed by atoms with Gasteiger partial charge in [-0.3, -0.25) is 4.68 Å². The lowest BCUT2D eigenvalue weighted by atomic mass is 10.1. The molecule has 3 heterocycles. The summed E-state index contributed by atoms with van der Waals surface area (Å²) in [5, 5.41) is 12.6. The minimum absolute atomic E-state index is 0.547. The van der Waals surface area contributed by atoms with Gasteiger partial charge in [-0.1, -0.05) is 0 Å². The molecule has 0 radical (unpaired) electrons. The number of hydrogen-bond acceptors (Lipinski definition) is 4. The van der Waals surface area contributed by atoms with Gasteiger partial charge in [0.2, 0.25) is 0 Å². The van der Waals surface area contributed by atoms with Crippen LogP contribution in [0.1, 0.15) is 25.0 Å². The van der Waals surface area contributed by atoms with Gasteiger partial charge in [-0.25, -0.2) is 4.98 Å². The smallest absolute Gasteiger partial charge is 0.157 e. The summed E-state index contributed by atoms with van der Waals surface area (Å²) in [6, 6.07) is 2.72. The number of rotatable bonds is 2.